The molecule has 0 saturated carbocycles. The van der Waals surface area contributed by atoms with E-state index >= 15 is 0 Å². The van der Waals surface area contributed by atoms with Gasteiger partial charge in [0.25, 0.3) is 5.56 Å². The lowest BCUT2D eigenvalue weighted by molar-refractivity contribution is -0.133. The molecule has 10 heteroatoms. The molecule has 0 atom stereocenters. The lowest BCUT2D eigenvalue weighted by Crippen LogP contribution is -2.51. The van der Waals surface area contributed by atoms with E-state index in [9.17, 15) is 18.0 Å². The monoisotopic (exact) mass is 446 g/mol. The van der Waals surface area contributed by atoms with E-state index < -0.39 is 10.0 Å². The van der Waals surface area contributed by atoms with Gasteiger partial charge in [0.1, 0.15) is 11.4 Å². The molecule has 0 radical (unpaired) electrons. The predicted octanol–water partition coefficient (Wildman–Crippen LogP) is 1.61. The third-order valence-corrected chi connectivity index (χ3v) is 8.18. The Morgan fingerprint density at radius 3 is 2.53 bits per heavy atom. The molecule has 30 heavy (non-hydrogen) atoms. The second-order valence-corrected chi connectivity index (χ2v) is 10.2. The third-order valence-electron chi connectivity index (χ3n) is 5.46. The van der Waals surface area contributed by atoms with Crippen LogP contribution in [0.2, 0.25) is 0 Å². The molecule has 158 valence electrons. The first kappa shape index (κ1) is 20.7. The fourth-order valence-electron chi connectivity index (χ4n) is 3.45. The Balaban J connectivity index is 1.43. The number of aryl methyl sites for hydroxylation is 2. The average molecular weight is 447 g/mol. The van der Waals surface area contributed by atoms with Crippen LogP contribution in [0.3, 0.4) is 0 Å². The zero-order valence-corrected chi connectivity index (χ0v) is 18.4. The van der Waals surface area contributed by atoms with Gasteiger partial charge in [0.2, 0.25) is 15.9 Å². The van der Waals surface area contributed by atoms with Crippen molar-refractivity contribution >= 4 is 37.5 Å². The number of thiophene rings is 1. The number of carbonyl (C=O) groups excluding carboxylic acids is 1. The van der Waals surface area contributed by atoms with Gasteiger partial charge in [-0.15, -0.1) is 11.3 Å². The molecule has 2 aromatic heterocycles. The molecular formula is C20H22N4O4S2. The Bertz CT molecular complexity index is 1270. The number of benzene rings is 1. The molecule has 1 aromatic carbocycles. The summed E-state index contributed by atoms with van der Waals surface area (Å²) in [5.74, 6) is -0.225. The Morgan fingerprint density at radius 1 is 1.10 bits per heavy atom. The number of aromatic nitrogens is 2. The Morgan fingerprint density at radius 2 is 1.83 bits per heavy atom. The number of nitrogens with zero attached hydrogens (tertiary/aromatic N) is 4. The van der Waals surface area contributed by atoms with Crippen molar-refractivity contribution in [1.82, 2.24) is 18.8 Å². The normalized spacial score (nSPS) is 15.6. The molecule has 4 rings (SSSR count). The van der Waals surface area contributed by atoms with E-state index in [1.54, 1.807) is 34.5 Å². The van der Waals surface area contributed by atoms with Gasteiger partial charge in [-0.3, -0.25) is 14.2 Å². The average Bonchev–Trinajstić information content (AvgIpc) is 3.22. The van der Waals surface area contributed by atoms with E-state index in [1.807, 2.05) is 13.8 Å². The molecule has 1 amide bonds. The van der Waals surface area contributed by atoms with Crippen LogP contribution >= 0.6 is 11.3 Å². The molecule has 8 nitrogen and oxygen atoms in total. The minimum Gasteiger partial charge on any atom is -0.338 e. The van der Waals surface area contributed by atoms with Gasteiger partial charge >= 0.3 is 0 Å². The number of carbonyl (C=O) groups is 1. The number of hydrogen-bond acceptors (Lipinski definition) is 6. The van der Waals surface area contributed by atoms with Gasteiger partial charge in [0.05, 0.1) is 16.6 Å². The van der Waals surface area contributed by atoms with Crippen LogP contribution < -0.4 is 5.56 Å². The highest BCUT2D eigenvalue weighted by Gasteiger charge is 2.30. The van der Waals surface area contributed by atoms with Crippen molar-refractivity contribution in [3.05, 3.63) is 57.5 Å². The second kappa shape index (κ2) is 7.93. The summed E-state index contributed by atoms with van der Waals surface area (Å²) in [5.41, 5.74) is 1.71. The van der Waals surface area contributed by atoms with Crippen molar-refractivity contribution in [1.29, 1.82) is 0 Å². The third kappa shape index (κ3) is 3.78. The van der Waals surface area contributed by atoms with E-state index in [1.165, 1.54) is 26.5 Å². The lowest BCUT2D eigenvalue weighted by atomic mass is 10.1. The highest BCUT2D eigenvalue weighted by atomic mass is 32.2. The number of piperazine rings is 1. The van der Waals surface area contributed by atoms with Crippen LogP contribution in [-0.2, 0) is 21.4 Å². The summed E-state index contributed by atoms with van der Waals surface area (Å²) in [7, 11) is -3.60. The van der Waals surface area contributed by atoms with Crippen LogP contribution in [0.4, 0.5) is 0 Å². The molecule has 1 aliphatic rings. The van der Waals surface area contributed by atoms with Crippen molar-refractivity contribution in [3.63, 3.8) is 0 Å². The molecule has 0 aliphatic carbocycles. The van der Waals surface area contributed by atoms with Crippen LogP contribution in [0.25, 0.3) is 10.2 Å². The number of hydrogen-bond donors (Lipinski definition) is 0. The highest BCUT2D eigenvalue weighted by Crippen LogP contribution is 2.20. The van der Waals surface area contributed by atoms with Gasteiger partial charge in [0.15, 0.2) is 0 Å². The minimum absolute atomic E-state index is 0.110. The van der Waals surface area contributed by atoms with Crippen LogP contribution in [0, 0.1) is 13.8 Å². The van der Waals surface area contributed by atoms with E-state index in [0.717, 1.165) is 11.1 Å². The Labute approximate surface area is 178 Å². The summed E-state index contributed by atoms with van der Waals surface area (Å²) in [6.45, 7) is 4.72. The summed E-state index contributed by atoms with van der Waals surface area (Å²) in [5, 5.41) is 2.29. The predicted molar refractivity (Wildman–Crippen MR) is 115 cm³/mol. The van der Waals surface area contributed by atoms with Gasteiger partial charge in [-0.2, -0.15) is 4.31 Å². The topological polar surface area (TPSA) is 92.6 Å². The molecule has 0 bridgehead atoms. The van der Waals surface area contributed by atoms with E-state index in [4.69, 9.17) is 0 Å². The maximum Gasteiger partial charge on any atom is 0.262 e. The molecular weight excluding hydrogens is 424 g/mol. The first-order chi connectivity index (χ1) is 14.3. The van der Waals surface area contributed by atoms with Crippen molar-refractivity contribution in [2.75, 3.05) is 26.2 Å². The van der Waals surface area contributed by atoms with Crippen molar-refractivity contribution in [2.45, 2.75) is 25.3 Å². The molecule has 1 saturated heterocycles. The number of amides is 1. The molecule has 1 aliphatic heterocycles. The zero-order chi connectivity index (χ0) is 21.5. The summed E-state index contributed by atoms with van der Waals surface area (Å²) in [6.07, 6.45) is 1.39. The summed E-state index contributed by atoms with van der Waals surface area (Å²) >= 11 is 1.38. The first-order valence-corrected chi connectivity index (χ1v) is 11.9. The molecule has 0 unspecified atom stereocenters. The van der Waals surface area contributed by atoms with Gasteiger partial charge in [0, 0.05) is 26.2 Å². The number of sulfonamides is 1. The minimum atomic E-state index is -3.60. The quantitative estimate of drug-likeness (QED) is 0.607. The molecule has 3 heterocycles. The van der Waals surface area contributed by atoms with Crippen LogP contribution in [0.5, 0.6) is 0 Å². The maximum atomic E-state index is 12.9. The molecule has 1 fully saturated rings. The van der Waals surface area contributed by atoms with Crippen LogP contribution in [0.1, 0.15) is 11.1 Å². The SMILES string of the molecule is Cc1ccc(S(=O)(=O)N2CCN(C(=O)Cn3cnc4sccc4c3=O)CC2)cc1C. The second-order valence-electron chi connectivity index (χ2n) is 7.35. The maximum absolute atomic E-state index is 12.9. The van der Waals surface area contributed by atoms with Crippen molar-refractivity contribution < 1.29 is 13.2 Å². The fraction of sp³-hybridized carbons (Fsp3) is 0.350. The molecule has 0 N–H and O–H groups in total. The summed E-state index contributed by atoms with van der Waals surface area (Å²) < 4.78 is 28.6. The Kier molecular flexibility index (Phi) is 5.48. The van der Waals surface area contributed by atoms with Gasteiger partial charge in [-0.25, -0.2) is 13.4 Å². The van der Waals surface area contributed by atoms with Crippen molar-refractivity contribution in [2.24, 2.45) is 0 Å². The van der Waals surface area contributed by atoms with Crippen LogP contribution in [0.15, 0.2) is 45.7 Å². The largest absolute Gasteiger partial charge is 0.338 e. The lowest BCUT2D eigenvalue weighted by Gasteiger charge is -2.34. The number of rotatable bonds is 4. The standard InChI is InChI=1S/C20H22N4O4S2/c1-14-3-4-16(11-15(14)2)30(27,28)24-8-6-22(7-9-24)18(25)12-23-13-21-19-17(20(23)26)5-10-29-19/h3-5,10-11,13H,6-9,12H2,1-2H3. The summed E-state index contributed by atoms with van der Waals surface area (Å²) in [4.78, 5) is 31.9. The van der Waals surface area contributed by atoms with Gasteiger partial charge < -0.3 is 4.90 Å². The van der Waals surface area contributed by atoms with Gasteiger partial charge in [-0.1, -0.05) is 6.07 Å². The van der Waals surface area contributed by atoms with Crippen LogP contribution in [-0.4, -0.2) is 59.3 Å². The van der Waals surface area contributed by atoms with Gasteiger partial charge in [-0.05, 0) is 48.6 Å². The number of fused-ring (bicyclic) bond motifs is 1. The van der Waals surface area contributed by atoms with Crippen molar-refractivity contribution in [3.8, 4) is 0 Å². The fourth-order valence-corrected chi connectivity index (χ4v) is 5.68. The summed E-state index contributed by atoms with van der Waals surface area (Å²) in [6, 6.07) is 6.81. The first-order valence-electron chi connectivity index (χ1n) is 9.55. The molecule has 0 spiro atoms. The highest BCUT2D eigenvalue weighted by molar-refractivity contribution is 7.89. The smallest absolute Gasteiger partial charge is 0.262 e. The Hall–Kier alpha value is -2.56. The zero-order valence-electron chi connectivity index (χ0n) is 16.7. The van der Waals surface area contributed by atoms with E-state index in [-0.39, 0.29) is 49.1 Å². The van der Waals surface area contributed by atoms with E-state index in [2.05, 4.69) is 4.98 Å². The molecule has 3 aromatic rings. The van der Waals surface area contributed by atoms with E-state index in [0.29, 0.717) is 10.2 Å².